The minimum atomic E-state index is -0.431. The lowest BCUT2D eigenvalue weighted by atomic mass is 9.55. The fraction of sp³-hybridized carbons (Fsp3) is 0.560. The number of aromatic hydroxyl groups is 1. The lowest BCUT2D eigenvalue weighted by molar-refractivity contribution is -0.123. The van der Waals surface area contributed by atoms with Crippen molar-refractivity contribution in [1.82, 2.24) is 5.32 Å². The number of hydrogen-bond donors (Lipinski definition) is 3. The Morgan fingerprint density at radius 2 is 2.17 bits per heavy atom. The third-order valence-electron chi connectivity index (χ3n) is 8.31. The van der Waals surface area contributed by atoms with Crippen molar-refractivity contribution >= 4 is 5.91 Å². The molecule has 30 heavy (non-hydrogen) atoms. The number of carbonyl (C=O) groups is 1. The molecule has 3 N–H and O–H groups in total. The van der Waals surface area contributed by atoms with Gasteiger partial charge in [0.1, 0.15) is 11.5 Å². The van der Waals surface area contributed by atoms with E-state index in [1.54, 1.807) is 6.26 Å². The van der Waals surface area contributed by atoms with E-state index in [2.05, 4.69) is 18.3 Å². The summed E-state index contributed by atoms with van der Waals surface area (Å²) in [6.45, 7) is 2.63. The number of rotatable bonds is 4. The number of hydrogen-bond acceptors (Lipinski definition) is 4. The average molecular weight is 410 g/mol. The number of aliphatic hydroxyl groups excluding tert-OH is 1. The summed E-state index contributed by atoms with van der Waals surface area (Å²) in [7, 11) is 0. The Labute approximate surface area is 177 Å². The molecule has 1 aromatic heterocycles. The number of furan rings is 1. The van der Waals surface area contributed by atoms with Crippen molar-refractivity contribution in [2.45, 2.75) is 64.0 Å². The summed E-state index contributed by atoms with van der Waals surface area (Å²) in [4.78, 5) is 12.5. The van der Waals surface area contributed by atoms with Gasteiger partial charge in [-0.15, -0.1) is 0 Å². The van der Waals surface area contributed by atoms with Crippen molar-refractivity contribution in [1.29, 1.82) is 0 Å². The molecule has 2 saturated carbocycles. The Morgan fingerprint density at radius 3 is 2.97 bits per heavy atom. The molecule has 160 valence electrons. The van der Waals surface area contributed by atoms with Gasteiger partial charge >= 0.3 is 0 Å². The van der Waals surface area contributed by atoms with Crippen LogP contribution in [0.5, 0.6) is 5.75 Å². The van der Waals surface area contributed by atoms with Crippen LogP contribution in [0, 0.1) is 23.2 Å². The summed E-state index contributed by atoms with van der Waals surface area (Å²) < 4.78 is 5.28. The summed E-state index contributed by atoms with van der Waals surface area (Å²) in [5, 5.41) is 24.0. The topological polar surface area (TPSA) is 82.7 Å². The van der Waals surface area contributed by atoms with Gasteiger partial charge in [-0.3, -0.25) is 4.79 Å². The second-order valence-corrected chi connectivity index (χ2v) is 9.84. The van der Waals surface area contributed by atoms with Gasteiger partial charge in [-0.25, -0.2) is 0 Å². The van der Waals surface area contributed by atoms with Crippen LogP contribution in [0.2, 0.25) is 0 Å². The maximum atomic E-state index is 12.5. The van der Waals surface area contributed by atoms with Crippen LogP contribution in [-0.2, 0) is 17.8 Å². The highest BCUT2D eigenvalue weighted by Gasteiger charge is 2.58. The summed E-state index contributed by atoms with van der Waals surface area (Å²) in [6, 6.07) is 9.50. The molecule has 0 radical (unpaired) electrons. The van der Waals surface area contributed by atoms with Crippen LogP contribution in [0.4, 0.5) is 0 Å². The number of phenols is 1. The monoisotopic (exact) mass is 409 g/mol. The Morgan fingerprint density at radius 1 is 1.30 bits per heavy atom. The number of amides is 1. The fourth-order valence-corrected chi connectivity index (χ4v) is 6.83. The van der Waals surface area contributed by atoms with Crippen LogP contribution >= 0.6 is 0 Å². The lowest BCUT2D eigenvalue weighted by Gasteiger charge is -2.50. The molecule has 4 unspecified atom stereocenters. The van der Waals surface area contributed by atoms with Gasteiger partial charge in [0, 0.05) is 6.42 Å². The zero-order chi connectivity index (χ0) is 20.9. The molecule has 6 atom stereocenters. The minimum absolute atomic E-state index is 0.0107. The highest BCUT2D eigenvalue weighted by atomic mass is 16.3. The van der Waals surface area contributed by atoms with E-state index in [4.69, 9.17) is 4.42 Å². The predicted molar refractivity (Wildman–Crippen MR) is 113 cm³/mol. The quantitative estimate of drug-likeness (QED) is 0.709. The van der Waals surface area contributed by atoms with Crippen molar-refractivity contribution in [3.63, 3.8) is 0 Å². The van der Waals surface area contributed by atoms with Crippen molar-refractivity contribution in [2.75, 3.05) is 0 Å². The highest BCUT2D eigenvalue weighted by Crippen LogP contribution is 2.62. The zero-order valence-corrected chi connectivity index (χ0v) is 17.5. The van der Waals surface area contributed by atoms with E-state index in [-0.39, 0.29) is 17.2 Å². The first kappa shape index (κ1) is 19.7. The van der Waals surface area contributed by atoms with E-state index in [9.17, 15) is 15.0 Å². The summed E-state index contributed by atoms with van der Waals surface area (Å²) >= 11 is 0. The third kappa shape index (κ3) is 3.24. The molecule has 0 bridgehead atoms. The van der Waals surface area contributed by atoms with Gasteiger partial charge in [0.2, 0.25) is 5.91 Å². The first-order chi connectivity index (χ1) is 14.5. The van der Waals surface area contributed by atoms with Gasteiger partial charge in [-0.2, -0.15) is 0 Å². The second kappa shape index (κ2) is 7.45. The molecule has 2 fully saturated rings. The van der Waals surface area contributed by atoms with Gasteiger partial charge in [0.25, 0.3) is 0 Å². The van der Waals surface area contributed by atoms with Gasteiger partial charge in [-0.05, 0) is 96.6 Å². The number of benzene rings is 1. The van der Waals surface area contributed by atoms with Gasteiger partial charge in [0.05, 0.1) is 18.9 Å². The standard InChI is InChI=1S/C25H31NO4/c1-25-9-8-20-19-7-5-17(27)11-15(19)4-6-21(20)22(25)12-16(24(25)29)13-23(28)26-14-18-3-2-10-30-18/h2-3,5,7,10-11,16,20-22,24,27,29H,4,6,8-9,12-14H2,1H3,(H,26,28)/t16?,20?,21?,22?,24-,25-/m0/s1. The van der Waals surface area contributed by atoms with Crippen LogP contribution in [0.3, 0.4) is 0 Å². The molecule has 3 aliphatic rings. The fourth-order valence-electron chi connectivity index (χ4n) is 6.83. The molecule has 0 aliphatic heterocycles. The number of phenolic OH excluding ortho intramolecular Hbond substituents is 1. The molecule has 5 heteroatoms. The Hall–Kier alpha value is -2.27. The van der Waals surface area contributed by atoms with E-state index < -0.39 is 6.10 Å². The van der Waals surface area contributed by atoms with Crippen LogP contribution in [0.25, 0.3) is 0 Å². The van der Waals surface area contributed by atoms with Gasteiger partial charge in [-0.1, -0.05) is 13.0 Å². The van der Waals surface area contributed by atoms with Crippen molar-refractivity contribution in [2.24, 2.45) is 23.2 Å². The summed E-state index contributed by atoms with van der Waals surface area (Å²) in [6.07, 6.45) is 6.62. The summed E-state index contributed by atoms with van der Waals surface area (Å²) in [5.41, 5.74) is 2.56. The first-order valence-corrected chi connectivity index (χ1v) is 11.2. The van der Waals surface area contributed by atoms with E-state index in [0.717, 1.165) is 37.9 Å². The van der Waals surface area contributed by atoms with E-state index >= 15 is 0 Å². The van der Waals surface area contributed by atoms with Crippen molar-refractivity contribution in [3.05, 3.63) is 53.5 Å². The first-order valence-electron chi connectivity index (χ1n) is 11.2. The van der Waals surface area contributed by atoms with Crippen LogP contribution in [-0.4, -0.2) is 22.2 Å². The molecular weight excluding hydrogens is 378 g/mol. The molecular formula is C25H31NO4. The Balaban J connectivity index is 1.29. The maximum absolute atomic E-state index is 12.5. The normalized spacial score (nSPS) is 34.7. The molecule has 3 aliphatic carbocycles. The third-order valence-corrected chi connectivity index (χ3v) is 8.31. The number of aryl methyl sites for hydroxylation is 1. The van der Waals surface area contributed by atoms with Crippen LogP contribution in [0.15, 0.2) is 41.0 Å². The van der Waals surface area contributed by atoms with Gasteiger partial charge in [0.15, 0.2) is 0 Å². The predicted octanol–water partition coefficient (Wildman–Crippen LogP) is 4.13. The second-order valence-electron chi connectivity index (χ2n) is 9.84. The van der Waals surface area contributed by atoms with Crippen molar-refractivity contribution in [3.8, 4) is 5.75 Å². The molecule has 1 aromatic carbocycles. The number of aliphatic hydroxyl groups is 1. The average Bonchev–Trinajstić information content (AvgIpc) is 3.34. The number of nitrogens with one attached hydrogen (secondary N) is 1. The van der Waals surface area contributed by atoms with Crippen LogP contribution < -0.4 is 5.32 Å². The van der Waals surface area contributed by atoms with E-state index in [0.29, 0.717) is 36.5 Å². The van der Waals surface area contributed by atoms with Gasteiger partial charge < -0.3 is 19.9 Å². The Kier molecular flexibility index (Phi) is 4.89. The van der Waals surface area contributed by atoms with Crippen molar-refractivity contribution < 1.29 is 19.4 Å². The lowest BCUT2D eigenvalue weighted by Crippen LogP contribution is -2.44. The largest absolute Gasteiger partial charge is 0.508 e. The zero-order valence-electron chi connectivity index (χ0n) is 17.5. The Bertz CT molecular complexity index is 923. The molecule has 1 heterocycles. The SMILES string of the molecule is C[C@]12CCC3c4ccc(O)cc4CCC3C1CC(CC(=O)NCc1ccco1)[C@@H]2O. The van der Waals surface area contributed by atoms with E-state index in [1.165, 1.54) is 11.1 Å². The number of carbonyl (C=O) groups excluding carboxylic acids is 1. The molecule has 2 aromatic rings. The molecule has 5 nitrogen and oxygen atoms in total. The minimum Gasteiger partial charge on any atom is -0.508 e. The van der Waals surface area contributed by atoms with Crippen LogP contribution in [0.1, 0.15) is 61.8 Å². The summed E-state index contributed by atoms with van der Waals surface area (Å²) in [5.74, 6) is 2.58. The number of fused-ring (bicyclic) bond motifs is 5. The maximum Gasteiger partial charge on any atom is 0.220 e. The highest BCUT2D eigenvalue weighted by molar-refractivity contribution is 5.76. The smallest absolute Gasteiger partial charge is 0.220 e. The molecule has 1 amide bonds. The molecule has 0 spiro atoms. The van der Waals surface area contributed by atoms with E-state index in [1.807, 2.05) is 24.3 Å². The molecule has 5 rings (SSSR count). The molecule has 0 saturated heterocycles.